The summed E-state index contributed by atoms with van der Waals surface area (Å²) in [5.41, 5.74) is 0.863. The number of hydrogen-bond acceptors (Lipinski definition) is 2. The van der Waals surface area contributed by atoms with Crippen molar-refractivity contribution in [3.63, 3.8) is 0 Å². The van der Waals surface area contributed by atoms with Crippen LogP contribution in [0.5, 0.6) is 0 Å². The van der Waals surface area contributed by atoms with Crippen molar-refractivity contribution in [2.24, 2.45) is 0 Å². The first-order valence-corrected chi connectivity index (χ1v) is 3.68. The minimum absolute atomic E-state index is 0. The van der Waals surface area contributed by atoms with Gasteiger partial charge in [-0.3, -0.25) is 0 Å². The zero-order valence-corrected chi connectivity index (χ0v) is 6.27. The standard InChI is InChI=1S/C9H12O2.2Na.2H/c10-7-6-9(11)8-4-2-1-3-5-8;;;;/h1-5,9-11H,6-7H2;;;;. The van der Waals surface area contributed by atoms with Crippen LogP contribution in [-0.4, -0.2) is 75.9 Å². The predicted molar refractivity (Wildman–Crippen MR) is 57.4 cm³/mol. The van der Waals surface area contributed by atoms with E-state index in [0.29, 0.717) is 6.42 Å². The molecule has 0 aromatic heterocycles. The molecule has 0 fully saturated rings. The van der Waals surface area contributed by atoms with Gasteiger partial charge in [-0.2, -0.15) is 0 Å². The van der Waals surface area contributed by atoms with E-state index in [1.807, 2.05) is 30.3 Å². The molecule has 1 rings (SSSR count). The van der Waals surface area contributed by atoms with Crippen LogP contribution in [0.15, 0.2) is 30.3 Å². The second-order valence-electron chi connectivity index (χ2n) is 2.44. The van der Waals surface area contributed by atoms with Crippen LogP contribution in [0.1, 0.15) is 18.1 Å². The Hall–Kier alpha value is 1.14. The van der Waals surface area contributed by atoms with Crippen molar-refractivity contribution in [2.45, 2.75) is 12.5 Å². The second-order valence-corrected chi connectivity index (χ2v) is 2.44. The third-order valence-electron chi connectivity index (χ3n) is 1.59. The first-order valence-electron chi connectivity index (χ1n) is 3.68. The van der Waals surface area contributed by atoms with E-state index in [1.165, 1.54) is 0 Å². The Morgan fingerprint density at radius 2 is 1.62 bits per heavy atom. The molecule has 0 aliphatic heterocycles. The predicted octanol–water partition coefficient (Wildman–Crippen LogP) is -0.195. The summed E-state index contributed by atoms with van der Waals surface area (Å²) in [5.74, 6) is 0. The Morgan fingerprint density at radius 1 is 1.08 bits per heavy atom. The minimum atomic E-state index is -0.527. The molecule has 0 spiro atoms. The molecule has 1 unspecified atom stereocenters. The van der Waals surface area contributed by atoms with Crippen LogP contribution in [0, 0.1) is 0 Å². The molecule has 2 nitrogen and oxygen atoms in total. The van der Waals surface area contributed by atoms with Crippen LogP contribution >= 0.6 is 0 Å². The summed E-state index contributed by atoms with van der Waals surface area (Å²) in [6.07, 6.45) is -0.120. The molecule has 1 atom stereocenters. The number of benzene rings is 1. The molecule has 0 radical (unpaired) electrons. The summed E-state index contributed by atoms with van der Waals surface area (Å²) < 4.78 is 0. The van der Waals surface area contributed by atoms with E-state index in [4.69, 9.17) is 5.11 Å². The summed E-state index contributed by atoms with van der Waals surface area (Å²) in [4.78, 5) is 0. The SMILES string of the molecule is OCCC(O)c1ccccc1.[NaH].[NaH]. The molecular formula is C9H14Na2O2. The van der Waals surface area contributed by atoms with Crippen LogP contribution < -0.4 is 0 Å². The first kappa shape index (κ1) is 16.6. The molecule has 0 saturated heterocycles. The molecule has 64 valence electrons. The van der Waals surface area contributed by atoms with Gasteiger partial charge in [0.25, 0.3) is 0 Å². The molecule has 2 N–H and O–H groups in total. The molecule has 0 saturated carbocycles. The van der Waals surface area contributed by atoms with Gasteiger partial charge in [0, 0.05) is 13.0 Å². The van der Waals surface area contributed by atoms with Crippen LogP contribution in [0.4, 0.5) is 0 Å². The van der Waals surface area contributed by atoms with Gasteiger partial charge >= 0.3 is 59.1 Å². The molecule has 0 aliphatic rings. The van der Waals surface area contributed by atoms with Crippen LogP contribution in [-0.2, 0) is 0 Å². The van der Waals surface area contributed by atoms with E-state index < -0.39 is 6.10 Å². The van der Waals surface area contributed by atoms with Crippen LogP contribution in [0.3, 0.4) is 0 Å². The average molecular weight is 200 g/mol. The normalized spacial score (nSPS) is 10.9. The molecule has 1 aromatic carbocycles. The monoisotopic (exact) mass is 200 g/mol. The summed E-state index contributed by atoms with van der Waals surface area (Å²) >= 11 is 0. The fraction of sp³-hybridized carbons (Fsp3) is 0.333. The molecule has 13 heavy (non-hydrogen) atoms. The topological polar surface area (TPSA) is 40.5 Å². The molecule has 0 bridgehead atoms. The Kier molecular flexibility index (Phi) is 12.3. The van der Waals surface area contributed by atoms with Gasteiger partial charge < -0.3 is 10.2 Å². The number of rotatable bonds is 3. The summed E-state index contributed by atoms with van der Waals surface area (Å²) in [6.45, 7) is 0.0239. The van der Waals surface area contributed by atoms with Gasteiger partial charge in [0.15, 0.2) is 0 Å². The first-order chi connectivity index (χ1) is 5.34. The van der Waals surface area contributed by atoms with Crippen LogP contribution in [0.25, 0.3) is 0 Å². The molecule has 4 heteroatoms. The van der Waals surface area contributed by atoms with Gasteiger partial charge in [-0.1, -0.05) is 30.3 Å². The summed E-state index contributed by atoms with van der Waals surface area (Å²) in [7, 11) is 0. The van der Waals surface area contributed by atoms with E-state index in [0.717, 1.165) is 5.56 Å². The molecule has 0 aliphatic carbocycles. The van der Waals surface area contributed by atoms with Crippen molar-refractivity contribution in [1.29, 1.82) is 0 Å². The number of hydrogen-bond donors (Lipinski definition) is 2. The Bertz CT molecular complexity index is 204. The molecule has 1 aromatic rings. The fourth-order valence-electron chi connectivity index (χ4n) is 0.964. The average Bonchev–Trinajstić information content (AvgIpc) is 2.07. The van der Waals surface area contributed by atoms with Gasteiger partial charge in [-0.05, 0) is 5.56 Å². The van der Waals surface area contributed by atoms with Crippen molar-refractivity contribution < 1.29 is 10.2 Å². The van der Waals surface area contributed by atoms with Gasteiger partial charge in [0.1, 0.15) is 0 Å². The van der Waals surface area contributed by atoms with Crippen LogP contribution in [0.2, 0.25) is 0 Å². The van der Waals surface area contributed by atoms with Crippen molar-refractivity contribution in [3.8, 4) is 0 Å². The van der Waals surface area contributed by atoms with Crippen molar-refractivity contribution in [3.05, 3.63) is 35.9 Å². The zero-order chi connectivity index (χ0) is 8.10. The molecular weight excluding hydrogens is 186 g/mol. The fourth-order valence-corrected chi connectivity index (χ4v) is 0.964. The number of aliphatic hydroxyl groups is 2. The van der Waals surface area contributed by atoms with Gasteiger partial charge in [0.2, 0.25) is 0 Å². The van der Waals surface area contributed by atoms with Crippen molar-refractivity contribution in [1.82, 2.24) is 0 Å². The van der Waals surface area contributed by atoms with E-state index >= 15 is 0 Å². The third kappa shape index (κ3) is 6.26. The quantitative estimate of drug-likeness (QED) is 0.664. The Labute approximate surface area is 123 Å². The Balaban J connectivity index is 0. The van der Waals surface area contributed by atoms with Gasteiger partial charge in [-0.25, -0.2) is 0 Å². The van der Waals surface area contributed by atoms with E-state index in [9.17, 15) is 5.11 Å². The van der Waals surface area contributed by atoms with Gasteiger partial charge in [0.05, 0.1) is 6.10 Å². The van der Waals surface area contributed by atoms with E-state index in [-0.39, 0.29) is 65.7 Å². The third-order valence-corrected chi connectivity index (χ3v) is 1.59. The summed E-state index contributed by atoms with van der Waals surface area (Å²) in [6, 6.07) is 9.33. The van der Waals surface area contributed by atoms with E-state index in [1.54, 1.807) is 0 Å². The summed E-state index contributed by atoms with van der Waals surface area (Å²) in [5, 5.41) is 17.9. The maximum atomic E-state index is 9.36. The van der Waals surface area contributed by atoms with Crippen molar-refractivity contribution in [2.75, 3.05) is 6.61 Å². The molecule has 0 amide bonds. The Morgan fingerprint density at radius 3 is 2.08 bits per heavy atom. The maximum absolute atomic E-state index is 9.36. The van der Waals surface area contributed by atoms with Gasteiger partial charge in [-0.15, -0.1) is 0 Å². The zero-order valence-electron chi connectivity index (χ0n) is 6.27. The van der Waals surface area contributed by atoms with Crippen molar-refractivity contribution >= 4 is 59.1 Å². The molecule has 0 heterocycles. The second kappa shape index (κ2) is 9.69. The number of aliphatic hydroxyl groups excluding tert-OH is 2. The van der Waals surface area contributed by atoms with E-state index in [2.05, 4.69) is 0 Å².